The average Bonchev–Trinajstić information content (AvgIpc) is 4.00. The van der Waals surface area contributed by atoms with Crippen molar-refractivity contribution < 1.29 is 55.9 Å². The van der Waals surface area contributed by atoms with Gasteiger partial charge >= 0.3 is 6.18 Å². The van der Waals surface area contributed by atoms with Gasteiger partial charge in [0.25, 0.3) is 29.5 Å². The van der Waals surface area contributed by atoms with E-state index in [2.05, 4.69) is 41.7 Å². The van der Waals surface area contributed by atoms with E-state index in [1.807, 2.05) is 0 Å². The summed E-state index contributed by atoms with van der Waals surface area (Å²) < 4.78 is 50.1. The molecule has 1 unspecified atom stereocenters. The number of primary amides is 1. The van der Waals surface area contributed by atoms with E-state index in [0.29, 0.717) is 56.1 Å². The van der Waals surface area contributed by atoms with Crippen LogP contribution in [0.5, 0.6) is 0 Å². The van der Waals surface area contributed by atoms with Gasteiger partial charge in [0.15, 0.2) is 11.4 Å². The molecule has 2 aromatic carbocycles. The second kappa shape index (κ2) is 19.0. The van der Waals surface area contributed by atoms with Crippen LogP contribution in [-0.2, 0) is 14.3 Å². The van der Waals surface area contributed by atoms with Crippen LogP contribution in [-0.4, -0.2) is 111 Å². The topological polar surface area (TPSA) is 275 Å². The van der Waals surface area contributed by atoms with Crippen LogP contribution in [0.25, 0.3) is 17.1 Å². The fourth-order valence-corrected chi connectivity index (χ4v) is 6.73. The molecule has 332 valence electrons. The highest BCUT2D eigenvalue weighted by Crippen LogP contribution is 2.32. The SMILES string of the molecule is NC(=O)c1nn(-c2ccc(C(=O)NCCCOCCCNc3cccc4c3C(=O)N(C3CCC(=O)NC3=O)C4=O)cc2)cc1NC(=O)c1coc(-c2ccnc(NCC(F)(F)F)c2)n1. The van der Waals surface area contributed by atoms with Gasteiger partial charge in [-0.1, -0.05) is 6.07 Å². The van der Waals surface area contributed by atoms with Gasteiger partial charge in [-0.25, -0.2) is 14.6 Å². The lowest BCUT2D eigenvalue weighted by Crippen LogP contribution is -2.54. The summed E-state index contributed by atoms with van der Waals surface area (Å²) in [6.07, 6.45) is 0.295. The molecule has 1 atom stereocenters. The number of oxazole rings is 1. The fourth-order valence-electron chi connectivity index (χ4n) is 6.73. The lowest BCUT2D eigenvalue weighted by Gasteiger charge is -2.27. The van der Waals surface area contributed by atoms with E-state index in [-0.39, 0.29) is 64.2 Å². The molecule has 0 bridgehead atoms. The van der Waals surface area contributed by atoms with Gasteiger partial charge in [0, 0.05) is 55.7 Å². The maximum Gasteiger partial charge on any atom is 0.405 e. The molecule has 0 saturated carbocycles. The number of nitrogens with zero attached hydrogens (tertiary/aromatic N) is 5. The Hall–Kier alpha value is -7.95. The molecular formula is C41H38F3N11O9. The minimum Gasteiger partial charge on any atom is -0.444 e. The largest absolute Gasteiger partial charge is 0.444 e. The molecule has 7 N–H and O–H groups in total. The molecule has 5 heterocycles. The Kier molecular flexibility index (Phi) is 13.1. The highest BCUT2D eigenvalue weighted by atomic mass is 19.4. The van der Waals surface area contributed by atoms with Gasteiger partial charge in [-0.3, -0.25) is 43.8 Å². The Morgan fingerprint density at radius 2 is 1.70 bits per heavy atom. The molecule has 7 amide bonds. The molecule has 1 fully saturated rings. The first-order valence-electron chi connectivity index (χ1n) is 19.6. The Balaban J connectivity index is 0.837. The fraction of sp³-hybridized carbons (Fsp3) is 0.268. The van der Waals surface area contributed by atoms with Gasteiger partial charge in [-0.2, -0.15) is 18.3 Å². The first-order valence-corrected chi connectivity index (χ1v) is 19.6. The van der Waals surface area contributed by atoms with Crippen molar-refractivity contribution in [2.75, 3.05) is 48.8 Å². The molecule has 0 spiro atoms. The third-order valence-electron chi connectivity index (χ3n) is 9.80. The van der Waals surface area contributed by atoms with E-state index in [9.17, 15) is 46.7 Å². The van der Waals surface area contributed by atoms with Crippen molar-refractivity contribution in [3.8, 4) is 17.1 Å². The van der Waals surface area contributed by atoms with Crippen LogP contribution in [0.15, 0.2) is 77.7 Å². The van der Waals surface area contributed by atoms with E-state index in [1.165, 1.54) is 47.4 Å². The second-order valence-electron chi connectivity index (χ2n) is 14.3. The quantitative estimate of drug-likeness (QED) is 0.0545. The summed E-state index contributed by atoms with van der Waals surface area (Å²) in [5, 5.41) is 17.0. The number of hydrogen-bond acceptors (Lipinski definition) is 14. The number of hydrogen-bond donors (Lipinski definition) is 6. The van der Waals surface area contributed by atoms with E-state index < -0.39 is 54.2 Å². The Morgan fingerprint density at radius 3 is 2.44 bits per heavy atom. The van der Waals surface area contributed by atoms with Crippen molar-refractivity contribution in [1.29, 1.82) is 0 Å². The summed E-state index contributed by atoms with van der Waals surface area (Å²) in [6.45, 7) is 0.143. The molecule has 2 aliphatic heterocycles. The number of benzene rings is 2. The molecule has 0 aliphatic carbocycles. The predicted octanol–water partition coefficient (Wildman–Crippen LogP) is 3.29. The lowest BCUT2D eigenvalue weighted by atomic mass is 10.0. The van der Waals surface area contributed by atoms with Crippen molar-refractivity contribution in [3.63, 3.8) is 0 Å². The average molecular weight is 886 g/mol. The monoisotopic (exact) mass is 885 g/mol. The van der Waals surface area contributed by atoms with Gasteiger partial charge in [-0.15, -0.1) is 0 Å². The maximum absolute atomic E-state index is 13.3. The molecule has 20 nitrogen and oxygen atoms in total. The van der Waals surface area contributed by atoms with Crippen LogP contribution in [0.2, 0.25) is 0 Å². The van der Waals surface area contributed by atoms with E-state index in [4.69, 9.17) is 14.9 Å². The smallest absolute Gasteiger partial charge is 0.405 e. The van der Waals surface area contributed by atoms with Crippen LogP contribution in [0.4, 0.5) is 30.4 Å². The van der Waals surface area contributed by atoms with E-state index in [0.717, 1.165) is 11.2 Å². The van der Waals surface area contributed by atoms with E-state index >= 15 is 0 Å². The zero-order valence-corrected chi connectivity index (χ0v) is 33.5. The number of imide groups is 2. The summed E-state index contributed by atoms with van der Waals surface area (Å²) in [4.78, 5) is 97.2. The minimum absolute atomic E-state index is 0.0272. The van der Waals surface area contributed by atoms with Crippen LogP contribution in [0.1, 0.15) is 77.7 Å². The number of pyridine rings is 1. The summed E-state index contributed by atoms with van der Waals surface area (Å²) in [5.74, 6) is -4.59. The van der Waals surface area contributed by atoms with Gasteiger partial charge in [0.1, 0.15) is 24.7 Å². The number of carbonyl (C=O) groups is 7. The number of halogens is 3. The molecule has 1 saturated heterocycles. The van der Waals surface area contributed by atoms with Crippen molar-refractivity contribution in [1.82, 2.24) is 35.3 Å². The number of rotatable bonds is 18. The number of piperidine rings is 1. The molecule has 64 heavy (non-hydrogen) atoms. The van der Waals surface area contributed by atoms with Gasteiger partial charge in [0.2, 0.25) is 17.7 Å². The summed E-state index contributed by atoms with van der Waals surface area (Å²) >= 11 is 0. The maximum atomic E-state index is 13.3. The lowest BCUT2D eigenvalue weighted by molar-refractivity contribution is -0.136. The molecule has 5 aromatic rings. The third-order valence-corrected chi connectivity index (χ3v) is 9.80. The zero-order chi connectivity index (χ0) is 45.5. The molecule has 3 aromatic heterocycles. The molecule has 23 heteroatoms. The summed E-state index contributed by atoms with van der Waals surface area (Å²) in [5.41, 5.74) is 6.76. The number of nitrogens with one attached hydrogen (secondary N) is 5. The molecular weight excluding hydrogens is 848 g/mol. The van der Waals surface area contributed by atoms with Crippen LogP contribution >= 0.6 is 0 Å². The van der Waals surface area contributed by atoms with Gasteiger partial charge < -0.3 is 36.2 Å². The number of ether oxygens (including phenoxy) is 1. The predicted molar refractivity (Wildman–Crippen MR) is 218 cm³/mol. The highest BCUT2D eigenvalue weighted by Gasteiger charge is 2.45. The first-order chi connectivity index (χ1) is 30.7. The standard InChI is InChI=1S/C41H38F3N11O9/c42-41(43,44)21-49-30-18-23(12-15-47-30)38-51-28(20-64-38)36(59)50-27-19-54(53-33(27)34(45)57)24-8-6-22(7-9-24)35(58)48-14-3-17-63-16-2-13-46-26-5-1-4-25-32(26)40(62)55(39(25)61)29-10-11-31(56)52-37(29)60/h1,4-9,12,15,18-20,29,46H,2-3,10-11,13-14,16-17,21H2,(H2,45,57)(H,47,49)(H,48,58)(H,50,59)(H,52,56,60). The molecule has 2 aliphatic rings. The second-order valence-corrected chi connectivity index (χ2v) is 14.3. The first kappa shape index (κ1) is 44.1. The van der Waals surface area contributed by atoms with Crippen molar-refractivity contribution in [3.05, 3.63) is 101 Å². The van der Waals surface area contributed by atoms with Crippen molar-refractivity contribution in [2.45, 2.75) is 37.9 Å². The Bertz CT molecular complexity index is 2630. The van der Waals surface area contributed by atoms with Crippen molar-refractivity contribution in [2.24, 2.45) is 5.73 Å². The Morgan fingerprint density at radius 1 is 0.938 bits per heavy atom. The number of nitrogens with two attached hydrogens (primary N) is 1. The van der Waals surface area contributed by atoms with Gasteiger partial charge in [0.05, 0.1) is 28.7 Å². The molecule has 7 rings (SSSR count). The normalized spacial score (nSPS) is 14.9. The number of alkyl halides is 3. The van der Waals surface area contributed by atoms with Crippen molar-refractivity contribution >= 4 is 58.5 Å². The van der Waals surface area contributed by atoms with Crippen LogP contribution < -0.4 is 32.3 Å². The number of anilines is 3. The number of carbonyl (C=O) groups excluding carboxylic acids is 7. The highest BCUT2D eigenvalue weighted by molar-refractivity contribution is 6.25. The van der Waals surface area contributed by atoms with Crippen LogP contribution in [0.3, 0.4) is 0 Å². The number of fused-ring (bicyclic) bond motifs is 1. The zero-order valence-electron chi connectivity index (χ0n) is 33.5. The number of amides is 7. The van der Waals surface area contributed by atoms with Gasteiger partial charge in [-0.05, 0) is 67.8 Å². The molecule has 0 radical (unpaired) electrons. The Labute approximate surface area is 360 Å². The minimum atomic E-state index is -4.47. The summed E-state index contributed by atoms with van der Waals surface area (Å²) in [6, 6.07) is 12.7. The van der Waals surface area contributed by atoms with Crippen LogP contribution in [0, 0.1) is 0 Å². The number of aromatic nitrogens is 4. The summed E-state index contributed by atoms with van der Waals surface area (Å²) in [7, 11) is 0. The third kappa shape index (κ3) is 10.2. The van der Waals surface area contributed by atoms with E-state index in [1.54, 1.807) is 24.3 Å².